The lowest BCUT2D eigenvalue weighted by atomic mass is 10.1. The Hall–Kier alpha value is -0.860. The summed E-state index contributed by atoms with van der Waals surface area (Å²) in [5, 5.41) is 3.59. The van der Waals surface area contributed by atoms with Gasteiger partial charge in [-0.3, -0.25) is 0 Å². The molecule has 17 heavy (non-hydrogen) atoms. The molecule has 0 spiro atoms. The van der Waals surface area contributed by atoms with Crippen molar-refractivity contribution >= 4 is 0 Å². The number of aryl methyl sites for hydroxylation is 2. The van der Waals surface area contributed by atoms with Crippen molar-refractivity contribution in [2.24, 2.45) is 5.92 Å². The zero-order valence-electron chi connectivity index (χ0n) is 11.3. The van der Waals surface area contributed by atoms with E-state index in [0.29, 0.717) is 0 Å². The molecule has 1 saturated heterocycles. The van der Waals surface area contributed by atoms with E-state index in [0.717, 1.165) is 19.0 Å². The first-order valence-electron chi connectivity index (χ1n) is 6.60. The summed E-state index contributed by atoms with van der Waals surface area (Å²) in [4.78, 5) is 2.42. The van der Waals surface area contributed by atoms with Gasteiger partial charge in [-0.15, -0.1) is 0 Å². The SMILES string of the molecule is Cc1cc(C)cc(CNCC2CCN(C)C2)c1. The molecule has 1 unspecified atom stereocenters. The van der Waals surface area contributed by atoms with E-state index in [1.54, 1.807) is 0 Å². The number of nitrogens with zero attached hydrogens (tertiary/aromatic N) is 1. The lowest BCUT2D eigenvalue weighted by molar-refractivity contribution is 0.388. The maximum atomic E-state index is 3.59. The van der Waals surface area contributed by atoms with Crippen molar-refractivity contribution in [2.45, 2.75) is 26.8 Å². The van der Waals surface area contributed by atoms with Crippen LogP contribution in [-0.4, -0.2) is 31.6 Å². The molecule has 1 N–H and O–H groups in total. The van der Waals surface area contributed by atoms with Gasteiger partial charge >= 0.3 is 0 Å². The van der Waals surface area contributed by atoms with E-state index in [9.17, 15) is 0 Å². The number of likely N-dealkylation sites (tertiary alicyclic amines) is 1. The highest BCUT2D eigenvalue weighted by molar-refractivity contribution is 5.28. The first kappa shape index (κ1) is 12.6. The topological polar surface area (TPSA) is 15.3 Å². The second kappa shape index (κ2) is 5.65. The Morgan fingerprint density at radius 2 is 1.94 bits per heavy atom. The molecule has 2 heteroatoms. The molecule has 1 aliphatic rings. The molecule has 1 heterocycles. The van der Waals surface area contributed by atoms with Crippen LogP contribution < -0.4 is 5.32 Å². The number of hydrogen-bond acceptors (Lipinski definition) is 2. The number of nitrogens with one attached hydrogen (secondary N) is 1. The molecule has 0 aliphatic carbocycles. The maximum Gasteiger partial charge on any atom is 0.0205 e. The Morgan fingerprint density at radius 3 is 2.53 bits per heavy atom. The van der Waals surface area contributed by atoms with Crippen molar-refractivity contribution < 1.29 is 0 Å². The van der Waals surface area contributed by atoms with E-state index in [-0.39, 0.29) is 0 Å². The van der Waals surface area contributed by atoms with Gasteiger partial charge in [0, 0.05) is 13.1 Å². The van der Waals surface area contributed by atoms with Gasteiger partial charge in [0.25, 0.3) is 0 Å². The molecule has 0 radical (unpaired) electrons. The fraction of sp³-hybridized carbons (Fsp3) is 0.600. The third kappa shape index (κ3) is 3.83. The van der Waals surface area contributed by atoms with Crippen molar-refractivity contribution in [3.8, 4) is 0 Å². The summed E-state index contributed by atoms with van der Waals surface area (Å²) in [7, 11) is 2.21. The van der Waals surface area contributed by atoms with Crippen LogP contribution in [0.1, 0.15) is 23.1 Å². The van der Waals surface area contributed by atoms with Crippen LogP contribution in [0.4, 0.5) is 0 Å². The van der Waals surface area contributed by atoms with Gasteiger partial charge in [0.05, 0.1) is 0 Å². The van der Waals surface area contributed by atoms with Gasteiger partial charge in [0.2, 0.25) is 0 Å². The smallest absolute Gasteiger partial charge is 0.0205 e. The lowest BCUT2D eigenvalue weighted by Gasteiger charge is -2.12. The van der Waals surface area contributed by atoms with Crippen LogP contribution in [0.5, 0.6) is 0 Å². The van der Waals surface area contributed by atoms with Gasteiger partial charge in [-0.25, -0.2) is 0 Å². The van der Waals surface area contributed by atoms with Crippen LogP contribution in [0.3, 0.4) is 0 Å². The Morgan fingerprint density at radius 1 is 1.24 bits per heavy atom. The van der Waals surface area contributed by atoms with Crippen molar-refractivity contribution in [3.63, 3.8) is 0 Å². The third-order valence-corrected chi connectivity index (χ3v) is 3.53. The van der Waals surface area contributed by atoms with Crippen LogP contribution in [0.25, 0.3) is 0 Å². The van der Waals surface area contributed by atoms with Crippen molar-refractivity contribution in [3.05, 3.63) is 34.9 Å². The second-order valence-electron chi connectivity index (χ2n) is 5.54. The molecule has 1 atom stereocenters. The predicted molar refractivity (Wildman–Crippen MR) is 73.2 cm³/mol. The first-order chi connectivity index (χ1) is 8.13. The summed E-state index contributed by atoms with van der Waals surface area (Å²) < 4.78 is 0. The maximum absolute atomic E-state index is 3.59. The fourth-order valence-corrected chi connectivity index (χ4v) is 2.78. The van der Waals surface area contributed by atoms with Crippen LogP contribution >= 0.6 is 0 Å². The first-order valence-corrected chi connectivity index (χ1v) is 6.60. The Balaban J connectivity index is 1.78. The van der Waals surface area contributed by atoms with Gasteiger partial charge < -0.3 is 10.2 Å². The van der Waals surface area contributed by atoms with Gasteiger partial charge in [-0.1, -0.05) is 29.3 Å². The minimum Gasteiger partial charge on any atom is -0.312 e. The molecule has 0 bridgehead atoms. The second-order valence-corrected chi connectivity index (χ2v) is 5.54. The molecule has 1 aliphatic heterocycles. The summed E-state index contributed by atoms with van der Waals surface area (Å²) in [6.45, 7) is 9.00. The molecule has 1 aromatic rings. The normalized spacial score (nSPS) is 21.0. The van der Waals surface area contributed by atoms with Crippen LogP contribution in [0.2, 0.25) is 0 Å². The Kier molecular flexibility index (Phi) is 4.19. The highest BCUT2D eigenvalue weighted by Crippen LogP contribution is 2.13. The standard InChI is InChI=1S/C15H24N2/c1-12-6-13(2)8-15(7-12)10-16-9-14-4-5-17(3)11-14/h6-8,14,16H,4-5,9-11H2,1-3H3. The molecule has 0 amide bonds. The van der Waals surface area contributed by atoms with Crippen LogP contribution in [0.15, 0.2) is 18.2 Å². The van der Waals surface area contributed by atoms with Gasteiger partial charge in [0.1, 0.15) is 0 Å². The summed E-state index contributed by atoms with van der Waals surface area (Å²) in [6, 6.07) is 6.79. The number of benzene rings is 1. The fourth-order valence-electron chi connectivity index (χ4n) is 2.78. The molecular formula is C15H24N2. The highest BCUT2D eigenvalue weighted by atomic mass is 15.1. The monoisotopic (exact) mass is 232 g/mol. The summed E-state index contributed by atoms with van der Waals surface area (Å²) >= 11 is 0. The van der Waals surface area contributed by atoms with E-state index in [1.165, 1.54) is 36.2 Å². The minimum atomic E-state index is 0.839. The average molecular weight is 232 g/mol. The summed E-state index contributed by atoms with van der Waals surface area (Å²) in [5.41, 5.74) is 4.14. The molecule has 0 aromatic heterocycles. The van der Waals surface area contributed by atoms with E-state index in [2.05, 4.69) is 49.3 Å². The van der Waals surface area contributed by atoms with E-state index in [1.807, 2.05) is 0 Å². The van der Waals surface area contributed by atoms with Crippen molar-refractivity contribution in [1.29, 1.82) is 0 Å². The quantitative estimate of drug-likeness (QED) is 0.857. The van der Waals surface area contributed by atoms with E-state index < -0.39 is 0 Å². The van der Waals surface area contributed by atoms with Crippen molar-refractivity contribution in [1.82, 2.24) is 10.2 Å². The summed E-state index contributed by atoms with van der Waals surface area (Å²) in [6.07, 6.45) is 1.34. The average Bonchev–Trinajstić information content (AvgIpc) is 2.63. The Labute approximate surface area is 105 Å². The molecule has 0 saturated carbocycles. The molecule has 94 valence electrons. The number of hydrogen-bond donors (Lipinski definition) is 1. The zero-order chi connectivity index (χ0) is 12.3. The van der Waals surface area contributed by atoms with Gasteiger partial charge in [0.15, 0.2) is 0 Å². The zero-order valence-corrected chi connectivity index (χ0v) is 11.3. The molecular weight excluding hydrogens is 208 g/mol. The van der Waals surface area contributed by atoms with E-state index in [4.69, 9.17) is 0 Å². The Bertz CT molecular complexity index is 353. The highest BCUT2D eigenvalue weighted by Gasteiger charge is 2.18. The van der Waals surface area contributed by atoms with Crippen LogP contribution in [0, 0.1) is 19.8 Å². The predicted octanol–water partition coefficient (Wildman–Crippen LogP) is 2.34. The van der Waals surface area contributed by atoms with Gasteiger partial charge in [-0.05, 0) is 51.9 Å². The van der Waals surface area contributed by atoms with Crippen LogP contribution in [-0.2, 0) is 6.54 Å². The number of rotatable bonds is 4. The van der Waals surface area contributed by atoms with Gasteiger partial charge in [-0.2, -0.15) is 0 Å². The molecule has 1 aromatic carbocycles. The molecule has 1 fully saturated rings. The van der Waals surface area contributed by atoms with Crippen molar-refractivity contribution in [2.75, 3.05) is 26.7 Å². The molecule has 2 nitrogen and oxygen atoms in total. The molecule has 2 rings (SSSR count). The largest absolute Gasteiger partial charge is 0.312 e. The summed E-state index contributed by atoms with van der Waals surface area (Å²) in [5.74, 6) is 0.839. The van der Waals surface area contributed by atoms with E-state index >= 15 is 0 Å². The third-order valence-electron chi connectivity index (χ3n) is 3.53. The minimum absolute atomic E-state index is 0.839. The lowest BCUT2D eigenvalue weighted by Crippen LogP contribution is -2.24.